The molecule has 5 aliphatic rings. The van der Waals surface area contributed by atoms with Gasteiger partial charge in [-0.25, -0.2) is 0 Å². The van der Waals surface area contributed by atoms with Crippen LogP contribution >= 0.6 is 0 Å². The molecule has 0 aromatic heterocycles. The summed E-state index contributed by atoms with van der Waals surface area (Å²) in [4.78, 5) is 7.98. The van der Waals surface area contributed by atoms with Gasteiger partial charge < -0.3 is 9.47 Å². The molecule has 0 radical (unpaired) electrons. The zero-order valence-corrected chi connectivity index (χ0v) is 20.6. The largest absolute Gasteiger partial charge is 0.572 e. The van der Waals surface area contributed by atoms with Crippen molar-refractivity contribution in [3.05, 3.63) is 81.7 Å². The number of nitrogens with zero attached hydrogens (tertiary/aromatic N) is 4. The Morgan fingerprint density at radius 3 is 1.50 bits per heavy atom. The molecule has 12 heteroatoms. The predicted octanol–water partition coefficient (Wildman–Crippen LogP) is 7.03. The van der Waals surface area contributed by atoms with E-state index in [0.29, 0.717) is 24.0 Å². The molecule has 0 saturated heterocycles. The summed E-state index contributed by atoms with van der Waals surface area (Å²) in [5.41, 5.74) is 1.01. The number of hydrogen-bond acceptors (Lipinski definition) is 6. The third kappa shape index (κ3) is 5.39. The molecule has 2 heterocycles. The molecule has 0 saturated carbocycles. The van der Waals surface area contributed by atoms with Crippen LogP contribution in [0.5, 0.6) is 0 Å². The second-order valence-electron chi connectivity index (χ2n) is 9.71. The van der Waals surface area contributed by atoms with Crippen molar-refractivity contribution in [3.8, 4) is 12.1 Å². The molecule has 0 N–H and O–H groups in total. The fourth-order valence-corrected chi connectivity index (χ4v) is 5.87. The van der Waals surface area contributed by atoms with Crippen LogP contribution in [0.3, 0.4) is 0 Å². The van der Waals surface area contributed by atoms with Crippen LogP contribution in [0.2, 0.25) is 0 Å². The van der Waals surface area contributed by atoms with E-state index in [0.717, 1.165) is 0 Å². The summed E-state index contributed by atoms with van der Waals surface area (Å²) in [5.74, 6) is -3.10. The van der Waals surface area contributed by atoms with E-state index in [1.807, 2.05) is 0 Å². The van der Waals surface area contributed by atoms with E-state index in [9.17, 15) is 36.9 Å². The minimum absolute atomic E-state index is 0.0278. The molecule has 206 valence electrons. The number of allylic oxidation sites excluding steroid dienone is 12. The van der Waals surface area contributed by atoms with Crippen molar-refractivity contribution in [2.75, 3.05) is 0 Å². The Morgan fingerprint density at radius 1 is 0.750 bits per heavy atom. The van der Waals surface area contributed by atoms with Crippen LogP contribution in [0, 0.1) is 46.3 Å². The maximum Gasteiger partial charge on any atom is 0.572 e. The van der Waals surface area contributed by atoms with Gasteiger partial charge >= 0.3 is 12.7 Å². The standard InChI is InChI=1S/C28H20F6N4O2/c29-27(30,31)39-24-11-22-20(9-18(24)15-1-5-37-6-2-15)21-10-19(16-3-7-38-8-4-16)25(40-28(32,33)34)12-23(21)26(22)17(13-35)14-36/h1,3,5-8,11-12,15-16,18-19H,2,4,9-10H2. The summed E-state index contributed by atoms with van der Waals surface area (Å²) in [7, 11) is 0. The third-order valence-corrected chi connectivity index (χ3v) is 7.48. The molecule has 0 aromatic carbocycles. The maximum absolute atomic E-state index is 13.5. The Bertz CT molecular complexity index is 1360. The van der Waals surface area contributed by atoms with E-state index in [-0.39, 0.29) is 41.4 Å². The van der Waals surface area contributed by atoms with Crippen molar-refractivity contribution in [1.82, 2.24) is 0 Å². The van der Waals surface area contributed by atoms with E-state index >= 15 is 0 Å². The first-order valence-corrected chi connectivity index (χ1v) is 12.3. The van der Waals surface area contributed by atoms with E-state index in [4.69, 9.17) is 0 Å². The summed E-state index contributed by atoms with van der Waals surface area (Å²) in [6.07, 6.45) is 2.69. The van der Waals surface area contributed by atoms with Gasteiger partial charge in [0, 0.05) is 42.2 Å². The van der Waals surface area contributed by atoms with Crippen LogP contribution in [0.1, 0.15) is 25.7 Å². The van der Waals surface area contributed by atoms with Gasteiger partial charge in [-0.05, 0) is 72.0 Å². The monoisotopic (exact) mass is 558 g/mol. The molecule has 0 amide bonds. The number of rotatable bonds is 4. The molecule has 3 aliphatic carbocycles. The second kappa shape index (κ2) is 10.3. The van der Waals surface area contributed by atoms with Crippen LogP contribution in [0.4, 0.5) is 26.3 Å². The summed E-state index contributed by atoms with van der Waals surface area (Å²) >= 11 is 0. The SMILES string of the molecule is N#CC(C#N)=C1C2=C(CC(C3C=CN=CC3)C(OC(F)(F)F)=C2)C2=C1C=C(OC(F)(F)F)C(C1C=CN=CC1)C2. The summed E-state index contributed by atoms with van der Waals surface area (Å²) in [6, 6.07) is 3.49. The molecule has 40 heavy (non-hydrogen) atoms. The van der Waals surface area contributed by atoms with E-state index < -0.39 is 41.7 Å². The Morgan fingerprint density at radius 2 is 1.18 bits per heavy atom. The first-order chi connectivity index (χ1) is 19.0. The highest BCUT2D eigenvalue weighted by molar-refractivity contribution is 5.77. The predicted molar refractivity (Wildman–Crippen MR) is 130 cm³/mol. The zero-order chi connectivity index (χ0) is 28.7. The van der Waals surface area contributed by atoms with Gasteiger partial charge in [0.25, 0.3) is 0 Å². The van der Waals surface area contributed by atoms with Gasteiger partial charge in [-0.2, -0.15) is 10.5 Å². The molecule has 0 bridgehead atoms. The molecule has 6 nitrogen and oxygen atoms in total. The minimum Gasteiger partial charge on any atom is -0.410 e. The molecule has 4 atom stereocenters. The summed E-state index contributed by atoms with van der Waals surface area (Å²) in [6.45, 7) is 0. The van der Waals surface area contributed by atoms with E-state index in [2.05, 4.69) is 19.5 Å². The molecule has 0 fully saturated rings. The molecule has 4 unspecified atom stereocenters. The van der Waals surface area contributed by atoms with Gasteiger partial charge in [-0.15, -0.1) is 26.3 Å². The lowest BCUT2D eigenvalue weighted by Gasteiger charge is -2.34. The average molecular weight is 558 g/mol. The molecule has 0 spiro atoms. The number of aliphatic imine (C=N–C) groups is 2. The molecular formula is C28H20F6N4O2. The number of fused-ring (bicyclic) bond motifs is 1. The van der Waals surface area contributed by atoms with Crippen molar-refractivity contribution in [2.24, 2.45) is 33.7 Å². The Balaban J connectivity index is 1.67. The third-order valence-electron chi connectivity index (χ3n) is 7.48. The molecule has 0 aromatic rings. The van der Waals surface area contributed by atoms with Gasteiger partial charge in [-0.1, -0.05) is 12.2 Å². The summed E-state index contributed by atoms with van der Waals surface area (Å²) in [5, 5.41) is 19.4. The number of hydrogen-bond donors (Lipinski definition) is 0. The van der Waals surface area contributed by atoms with E-state index in [1.54, 1.807) is 36.7 Å². The summed E-state index contributed by atoms with van der Waals surface area (Å²) < 4.78 is 89.7. The quantitative estimate of drug-likeness (QED) is 0.274. The Labute approximate surface area is 225 Å². The highest BCUT2D eigenvalue weighted by Crippen LogP contribution is 2.55. The average Bonchev–Trinajstić information content (AvgIpc) is 3.20. The fraction of sp³-hybridized carbons (Fsp3) is 0.357. The fourth-order valence-electron chi connectivity index (χ4n) is 5.87. The Kier molecular flexibility index (Phi) is 7.05. The Hall–Kier alpha value is -4.32. The molecular weight excluding hydrogens is 538 g/mol. The number of nitriles is 2. The van der Waals surface area contributed by atoms with Gasteiger partial charge in [0.05, 0.1) is 0 Å². The lowest BCUT2D eigenvalue weighted by Crippen LogP contribution is -2.28. The lowest BCUT2D eigenvalue weighted by atomic mass is 9.74. The van der Waals surface area contributed by atoms with Crippen molar-refractivity contribution in [2.45, 2.75) is 38.4 Å². The maximum atomic E-state index is 13.5. The van der Waals surface area contributed by atoms with Crippen molar-refractivity contribution < 1.29 is 35.8 Å². The van der Waals surface area contributed by atoms with E-state index in [1.165, 1.54) is 24.6 Å². The number of alkyl halides is 6. The van der Waals surface area contributed by atoms with Crippen molar-refractivity contribution >= 4 is 12.4 Å². The van der Waals surface area contributed by atoms with Crippen LogP contribution in [-0.2, 0) is 9.47 Å². The topological polar surface area (TPSA) is 90.8 Å². The van der Waals surface area contributed by atoms with Crippen molar-refractivity contribution in [1.29, 1.82) is 10.5 Å². The van der Waals surface area contributed by atoms with Crippen molar-refractivity contribution in [3.63, 3.8) is 0 Å². The number of halogens is 6. The van der Waals surface area contributed by atoms with Gasteiger partial charge in [0.15, 0.2) is 0 Å². The smallest absolute Gasteiger partial charge is 0.410 e. The first-order valence-electron chi connectivity index (χ1n) is 12.3. The molecule has 5 rings (SSSR count). The van der Waals surface area contributed by atoms with Gasteiger partial charge in [-0.3, -0.25) is 9.98 Å². The van der Waals surface area contributed by atoms with Crippen LogP contribution in [0.25, 0.3) is 0 Å². The van der Waals surface area contributed by atoms with Gasteiger partial charge in [0.1, 0.15) is 29.2 Å². The lowest BCUT2D eigenvalue weighted by molar-refractivity contribution is -0.310. The zero-order valence-electron chi connectivity index (χ0n) is 20.6. The molecule has 2 aliphatic heterocycles. The van der Waals surface area contributed by atoms with Crippen LogP contribution in [-0.4, -0.2) is 25.2 Å². The normalized spacial score (nSPS) is 27.4. The second-order valence-corrected chi connectivity index (χ2v) is 9.71. The number of ether oxygens (including phenoxy) is 2. The van der Waals surface area contributed by atoms with Gasteiger partial charge in [0.2, 0.25) is 0 Å². The van der Waals surface area contributed by atoms with Crippen LogP contribution < -0.4 is 0 Å². The first kappa shape index (κ1) is 27.3. The van der Waals surface area contributed by atoms with Crippen LogP contribution in [0.15, 0.2) is 91.6 Å². The highest BCUT2D eigenvalue weighted by Gasteiger charge is 2.46. The minimum atomic E-state index is -5.01. The highest BCUT2D eigenvalue weighted by atomic mass is 19.4.